The van der Waals surface area contributed by atoms with Crippen LogP contribution in [0.15, 0.2) is 18.2 Å². The molecule has 2 aromatic rings. The fourth-order valence-electron chi connectivity index (χ4n) is 3.61. The molecule has 0 bridgehead atoms. The fourth-order valence-corrected chi connectivity index (χ4v) is 5.13. The zero-order chi connectivity index (χ0) is 20.5. The minimum atomic E-state index is -0.267. The number of ether oxygens (including phenoxy) is 1. The lowest BCUT2D eigenvalue weighted by Crippen LogP contribution is -2.26. The van der Waals surface area contributed by atoms with Gasteiger partial charge in [-0.15, -0.1) is 11.3 Å². The van der Waals surface area contributed by atoms with E-state index >= 15 is 0 Å². The van der Waals surface area contributed by atoms with Crippen LogP contribution in [-0.4, -0.2) is 12.5 Å². The van der Waals surface area contributed by atoms with Crippen LogP contribution < -0.4 is 10.1 Å². The molecule has 0 radical (unpaired) electrons. The summed E-state index contributed by atoms with van der Waals surface area (Å²) >= 11 is 7.48. The van der Waals surface area contributed by atoms with Gasteiger partial charge in [0.15, 0.2) is 6.61 Å². The Morgan fingerprint density at radius 1 is 1.43 bits per heavy atom. The largest absolute Gasteiger partial charge is 0.483 e. The van der Waals surface area contributed by atoms with Crippen molar-refractivity contribution in [1.82, 2.24) is 0 Å². The quantitative estimate of drug-likeness (QED) is 0.690. The number of nitrogens with one attached hydrogen (secondary N) is 1. The molecule has 1 aromatic heterocycles. The number of fused-ring (bicyclic) bond motifs is 1. The van der Waals surface area contributed by atoms with Gasteiger partial charge in [-0.25, -0.2) is 0 Å². The molecule has 148 valence electrons. The van der Waals surface area contributed by atoms with Crippen LogP contribution in [0.5, 0.6) is 5.75 Å². The van der Waals surface area contributed by atoms with Gasteiger partial charge < -0.3 is 10.1 Å². The molecule has 1 N–H and O–H groups in total. The van der Waals surface area contributed by atoms with Crippen molar-refractivity contribution in [3.8, 4) is 11.8 Å². The maximum atomic E-state index is 12.4. The molecule has 1 heterocycles. The van der Waals surface area contributed by atoms with Gasteiger partial charge in [0.05, 0.1) is 5.56 Å². The van der Waals surface area contributed by atoms with E-state index in [4.69, 9.17) is 16.3 Å². The highest BCUT2D eigenvalue weighted by atomic mass is 35.5. The number of aryl methyl sites for hydroxylation is 1. The van der Waals surface area contributed by atoms with Crippen molar-refractivity contribution in [1.29, 1.82) is 5.26 Å². The number of hydrogen-bond donors (Lipinski definition) is 1. The van der Waals surface area contributed by atoms with Crippen molar-refractivity contribution < 1.29 is 9.53 Å². The van der Waals surface area contributed by atoms with Crippen LogP contribution in [0.25, 0.3) is 0 Å². The van der Waals surface area contributed by atoms with E-state index in [-0.39, 0.29) is 17.9 Å². The summed E-state index contributed by atoms with van der Waals surface area (Å²) in [7, 11) is 0. The summed E-state index contributed by atoms with van der Waals surface area (Å²) in [5.74, 6) is 0.945. The molecule has 1 atom stereocenters. The lowest BCUT2D eigenvalue weighted by Gasteiger charge is -2.33. The van der Waals surface area contributed by atoms with Crippen LogP contribution in [0.1, 0.15) is 48.8 Å². The molecule has 1 aliphatic carbocycles. The predicted molar refractivity (Wildman–Crippen MR) is 114 cm³/mol. The van der Waals surface area contributed by atoms with E-state index in [1.54, 1.807) is 18.2 Å². The molecule has 1 amide bonds. The number of hydrogen-bond acceptors (Lipinski definition) is 4. The Hall–Kier alpha value is -2.03. The molecule has 1 unspecified atom stereocenters. The Morgan fingerprint density at radius 2 is 2.18 bits per heavy atom. The first-order valence-electron chi connectivity index (χ1n) is 9.42. The summed E-state index contributed by atoms with van der Waals surface area (Å²) in [5, 5.41) is 13.8. The molecule has 0 aliphatic heterocycles. The van der Waals surface area contributed by atoms with Crippen LogP contribution in [0, 0.1) is 29.6 Å². The minimum Gasteiger partial charge on any atom is -0.483 e. The molecule has 4 nitrogen and oxygen atoms in total. The van der Waals surface area contributed by atoms with Crippen LogP contribution in [0.3, 0.4) is 0 Å². The normalized spacial score (nSPS) is 16.2. The Balaban J connectivity index is 1.70. The summed E-state index contributed by atoms with van der Waals surface area (Å²) < 4.78 is 5.61. The van der Waals surface area contributed by atoms with Crippen molar-refractivity contribution in [3.05, 3.63) is 44.8 Å². The first kappa shape index (κ1) is 20.7. The van der Waals surface area contributed by atoms with Gasteiger partial charge in [-0.1, -0.05) is 32.4 Å². The highest BCUT2D eigenvalue weighted by molar-refractivity contribution is 7.16. The van der Waals surface area contributed by atoms with E-state index in [0.717, 1.165) is 30.4 Å². The third-order valence-corrected chi connectivity index (χ3v) is 6.76. The molecule has 6 heteroatoms. The van der Waals surface area contributed by atoms with Gasteiger partial charge in [0.25, 0.3) is 5.91 Å². The first-order valence-corrected chi connectivity index (χ1v) is 10.6. The van der Waals surface area contributed by atoms with Crippen molar-refractivity contribution in [2.24, 2.45) is 11.3 Å². The number of carbonyl (C=O) groups is 1. The maximum absolute atomic E-state index is 12.4. The molecule has 0 saturated heterocycles. The molecular formula is C22H25ClN2O2S. The average molecular weight is 417 g/mol. The van der Waals surface area contributed by atoms with E-state index in [2.05, 4.69) is 32.2 Å². The molecule has 0 fully saturated rings. The molecule has 1 aliphatic rings. The van der Waals surface area contributed by atoms with Gasteiger partial charge in [-0.3, -0.25) is 4.79 Å². The SMILES string of the molecule is Cc1cc(Cl)ccc1OCC(=O)Nc1sc2c(c1C#N)CCC(C(C)(C)C)C2. The van der Waals surface area contributed by atoms with E-state index < -0.39 is 0 Å². The van der Waals surface area contributed by atoms with Crippen molar-refractivity contribution >= 4 is 33.8 Å². The van der Waals surface area contributed by atoms with Crippen molar-refractivity contribution in [3.63, 3.8) is 0 Å². The topological polar surface area (TPSA) is 62.1 Å². The number of thiophene rings is 1. The number of amides is 1. The number of nitriles is 1. The Labute approximate surface area is 175 Å². The maximum Gasteiger partial charge on any atom is 0.262 e. The Morgan fingerprint density at radius 3 is 2.82 bits per heavy atom. The number of anilines is 1. The fraction of sp³-hybridized carbons (Fsp3) is 0.455. The minimum absolute atomic E-state index is 0.111. The lowest BCUT2D eigenvalue weighted by molar-refractivity contribution is -0.118. The van der Waals surface area contributed by atoms with Crippen LogP contribution in [-0.2, 0) is 17.6 Å². The number of carbonyl (C=O) groups excluding carboxylic acids is 1. The van der Waals surface area contributed by atoms with E-state index in [9.17, 15) is 10.1 Å². The van der Waals surface area contributed by atoms with E-state index in [1.807, 2.05) is 6.92 Å². The van der Waals surface area contributed by atoms with Gasteiger partial charge in [0.2, 0.25) is 0 Å². The average Bonchev–Trinajstić information content (AvgIpc) is 2.96. The third-order valence-electron chi connectivity index (χ3n) is 5.35. The number of nitrogens with zero attached hydrogens (tertiary/aromatic N) is 1. The second kappa shape index (κ2) is 8.14. The summed E-state index contributed by atoms with van der Waals surface area (Å²) in [6, 6.07) is 7.57. The summed E-state index contributed by atoms with van der Waals surface area (Å²) in [5.41, 5.74) is 2.83. The van der Waals surface area contributed by atoms with Crippen LogP contribution >= 0.6 is 22.9 Å². The molecular weight excluding hydrogens is 392 g/mol. The highest BCUT2D eigenvalue weighted by Gasteiger charge is 2.32. The van der Waals surface area contributed by atoms with Gasteiger partial charge in [0, 0.05) is 9.90 Å². The Bertz CT molecular complexity index is 937. The lowest BCUT2D eigenvalue weighted by atomic mass is 9.72. The van der Waals surface area contributed by atoms with Gasteiger partial charge in [-0.05, 0) is 66.8 Å². The van der Waals surface area contributed by atoms with E-state index in [0.29, 0.717) is 27.3 Å². The summed E-state index contributed by atoms with van der Waals surface area (Å²) in [6.07, 6.45) is 2.94. The smallest absolute Gasteiger partial charge is 0.262 e. The monoisotopic (exact) mass is 416 g/mol. The standard InChI is InChI=1S/C22H25ClN2O2S/c1-13-9-15(23)6-8-18(13)27-12-20(26)25-21-17(11-24)16-7-5-14(22(2,3)4)10-19(16)28-21/h6,8-9,14H,5,7,10,12H2,1-4H3,(H,25,26). The van der Waals surface area contributed by atoms with Gasteiger partial charge in [-0.2, -0.15) is 5.26 Å². The molecule has 1 aromatic carbocycles. The third kappa shape index (κ3) is 4.51. The Kier molecular flexibility index (Phi) is 6.02. The zero-order valence-corrected chi connectivity index (χ0v) is 18.3. The van der Waals surface area contributed by atoms with Crippen LogP contribution in [0.2, 0.25) is 5.02 Å². The second-order valence-corrected chi connectivity index (χ2v) is 9.91. The van der Waals surface area contributed by atoms with Crippen molar-refractivity contribution in [2.75, 3.05) is 11.9 Å². The summed E-state index contributed by atoms with van der Waals surface area (Å²) in [6.45, 7) is 8.56. The van der Waals surface area contributed by atoms with E-state index in [1.165, 1.54) is 16.2 Å². The molecule has 3 rings (SSSR count). The van der Waals surface area contributed by atoms with Crippen LogP contribution in [0.4, 0.5) is 5.00 Å². The summed E-state index contributed by atoms with van der Waals surface area (Å²) in [4.78, 5) is 13.6. The molecule has 0 saturated carbocycles. The predicted octanol–water partition coefficient (Wildman–Crippen LogP) is 5.75. The molecule has 0 spiro atoms. The highest BCUT2D eigenvalue weighted by Crippen LogP contribution is 2.43. The first-order chi connectivity index (χ1) is 13.2. The number of benzene rings is 1. The second-order valence-electron chi connectivity index (χ2n) is 8.37. The number of rotatable bonds is 4. The number of halogens is 1. The van der Waals surface area contributed by atoms with Gasteiger partial charge in [0.1, 0.15) is 16.8 Å². The zero-order valence-electron chi connectivity index (χ0n) is 16.7. The van der Waals surface area contributed by atoms with Gasteiger partial charge >= 0.3 is 0 Å². The van der Waals surface area contributed by atoms with Crippen molar-refractivity contribution in [2.45, 2.75) is 47.0 Å². The molecule has 28 heavy (non-hydrogen) atoms.